The Morgan fingerprint density at radius 1 is 1.41 bits per heavy atom. The molecule has 82 valence electrons. The molecule has 1 aromatic carbocycles. The van der Waals surface area contributed by atoms with Gasteiger partial charge in [0.05, 0.1) is 29.0 Å². The second-order valence-electron chi connectivity index (χ2n) is 3.85. The van der Waals surface area contributed by atoms with Crippen LogP contribution >= 0.6 is 0 Å². The van der Waals surface area contributed by atoms with Crippen molar-refractivity contribution in [2.45, 2.75) is 0 Å². The third-order valence-electron chi connectivity index (χ3n) is 2.56. The molecule has 3 aromatic rings. The van der Waals surface area contributed by atoms with Crippen LogP contribution in [0.25, 0.3) is 22.6 Å². The fraction of sp³-hybridized carbons (Fsp3) is 0.0833. The fourth-order valence-corrected chi connectivity index (χ4v) is 1.74. The number of nitriles is 1. The lowest BCUT2D eigenvalue weighted by atomic mass is 10.2. The van der Waals surface area contributed by atoms with Crippen molar-refractivity contribution in [2.24, 2.45) is 7.05 Å². The Labute approximate surface area is 97.4 Å². The van der Waals surface area contributed by atoms with Gasteiger partial charge in [0, 0.05) is 13.2 Å². The predicted octanol–water partition coefficient (Wildman–Crippen LogP) is 1.84. The molecule has 2 aromatic heterocycles. The van der Waals surface area contributed by atoms with Crippen molar-refractivity contribution in [3.8, 4) is 17.6 Å². The molecule has 0 aliphatic rings. The fourth-order valence-electron chi connectivity index (χ4n) is 1.74. The molecule has 0 saturated heterocycles. The number of benzene rings is 1. The van der Waals surface area contributed by atoms with Crippen LogP contribution in [0.5, 0.6) is 0 Å². The molecule has 0 radical (unpaired) electrons. The van der Waals surface area contributed by atoms with E-state index in [1.807, 2.05) is 23.9 Å². The molecule has 17 heavy (non-hydrogen) atoms. The van der Waals surface area contributed by atoms with Crippen LogP contribution in [0.3, 0.4) is 0 Å². The monoisotopic (exact) mass is 223 g/mol. The van der Waals surface area contributed by atoms with Gasteiger partial charge in [0.2, 0.25) is 0 Å². The first-order chi connectivity index (χ1) is 8.26. The number of nitrogens with one attached hydrogen (secondary N) is 1. The Hall–Kier alpha value is -2.61. The van der Waals surface area contributed by atoms with Crippen LogP contribution in [0, 0.1) is 11.3 Å². The highest BCUT2D eigenvalue weighted by atomic mass is 15.0. The van der Waals surface area contributed by atoms with E-state index in [4.69, 9.17) is 5.26 Å². The number of nitrogens with zero attached hydrogens (tertiary/aromatic N) is 4. The van der Waals surface area contributed by atoms with Crippen molar-refractivity contribution < 1.29 is 0 Å². The van der Waals surface area contributed by atoms with Gasteiger partial charge in [-0.3, -0.25) is 0 Å². The zero-order chi connectivity index (χ0) is 11.8. The van der Waals surface area contributed by atoms with Crippen molar-refractivity contribution in [3.05, 3.63) is 36.3 Å². The number of hydrogen-bond acceptors (Lipinski definition) is 3. The lowest BCUT2D eigenvalue weighted by Crippen LogP contribution is -1.80. The van der Waals surface area contributed by atoms with Crippen LogP contribution in [0.2, 0.25) is 0 Å². The van der Waals surface area contributed by atoms with Gasteiger partial charge >= 0.3 is 0 Å². The number of H-pyrrole nitrogens is 1. The van der Waals surface area contributed by atoms with Crippen LogP contribution in [0.1, 0.15) is 5.56 Å². The molecule has 1 N–H and O–H groups in total. The SMILES string of the molecule is Cn1cnc(-c2nc3ccc(C#N)cc3[nH]2)c1. The molecular weight excluding hydrogens is 214 g/mol. The third kappa shape index (κ3) is 1.56. The number of aryl methyl sites for hydroxylation is 1. The maximum Gasteiger partial charge on any atom is 0.158 e. The smallest absolute Gasteiger partial charge is 0.158 e. The zero-order valence-electron chi connectivity index (χ0n) is 9.18. The van der Waals surface area contributed by atoms with Gasteiger partial charge in [-0.15, -0.1) is 0 Å². The molecule has 0 spiro atoms. The van der Waals surface area contributed by atoms with Gasteiger partial charge in [-0.05, 0) is 18.2 Å². The van der Waals surface area contributed by atoms with E-state index in [1.165, 1.54) is 0 Å². The van der Waals surface area contributed by atoms with Crippen LogP contribution in [-0.2, 0) is 7.05 Å². The number of aromatic nitrogens is 4. The summed E-state index contributed by atoms with van der Waals surface area (Å²) in [7, 11) is 1.91. The van der Waals surface area contributed by atoms with E-state index in [2.05, 4.69) is 21.0 Å². The maximum absolute atomic E-state index is 8.82. The van der Waals surface area contributed by atoms with Gasteiger partial charge in [0.1, 0.15) is 5.69 Å². The predicted molar refractivity (Wildman–Crippen MR) is 63.0 cm³/mol. The molecule has 2 heterocycles. The van der Waals surface area contributed by atoms with E-state index >= 15 is 0 Å². The lowest BCUT2D eigenvalue weighted by Gasteiger charge is -1.87. The molecular formula is C12H9N5. The average Bonchev–Trinajstić information content (AvgIpc) is 2.93. The summed E-state index contributed by atoms with van der Waals surface area (Å²) in [5.41, 5.74) is 3.10. The van der Waals surface area contributed by atoms with Crippen molar-refractivity contribution in [1.82, 2.24) is 19.5 Å². The molecule has 3 rings (SSSR count). The summed E-state index contributed by atoms with van der Waals surface area (Å²) in [6.45, 7) is 0. The summed E-state index contributed by atoms with van der Waals surface area (Å²) in [5, 5.41) is 8.82. The third-order valence-corrected chi connectivity index (χ3v) is 2.56. The van der Waals surface area contributed by atoms with Crippen molar-refractivity contribution in [3.63, 3.8) is 0 Å². The van der Waals surface area contributed by atoms with E-state index in [-0.39, 0.29) is 0 Å². The Morgan fingerprint density at radius 3 is 3.00 bits per heavy atom. The first-order valence-corrected chi connectivity index (χ1v) is 5.14. The summed E-state index contributed by atoms with van der Waals surface area (Å²) in [4.78, 5) is 11.8. The van der Waals surface area contributed by atoms with Crippen LogP contribution in [0.4, 0.5) is 0 Å². The summed E-state index contributed by atoms with van der Waals surface area (Å²) in [5.74, 6) is 0.718. The van der Waals surface area contributed by atoms with Gasteiger partial charge in [0.25, 0.3) is 0 Å². The largest absolute Gasteiger partial charge is 0.340 e. The molecule has 5 nitrogen and oxygen atoms in total. The van der Waals surface area contributed by atoms with E-state index in [0.717, 1.165) is 22.6 Å². The van der Waals surface area contributed by atoms with Gasteiger partial charge in [-0.2, -0.15) is 5.26 Å². The molecule has 0 atom stereocenters. The first-order valence-electron chi connectivity index (χ1n) is 5.14. The summed E-state index contributed by atoms with van der Waals surface area (Å²) in [6, 6.07) is 7.48. The Balaban J connectivity index is 2.17. The van der Waals surface area contributed by atoms with Crippen LogP contribution in [-0.4, -0.2) is 19.5 Å². The minimum Gasteiger partial charge on any atom is -0.340 e. The number of imidazole rings is 2. The number of fused-ring (bicyclic) bond motifs is 1. The highest BCUT2D eigenvalue weighted by Crippen LogP contribution is 2.19. The molecule has 0 bridgehead atoms. The zero-order valence-corrected chi connectivity index (χ0v) is 9.18. The van der Waals surface area contributed by atoms with Gasteiger partial charge in [-0.1, -0.05) is 0 Å². The normalized spacial score (nSPS) is 10.6. The van der Waals surface area contributed by atoms with Crippen molar-refractivity contribution in [1.29, 1.82) is 5.26 Å². The summed E-state index contributed by atoms with van der Waals surface area (Å²) < 4.78 is 1.86. The highest BCUT2D eigenvalue weighted by molar-refractivity contribution is 5.80. The van der Waals surface area contributed by atoms with Crippen molar-refractivity contribution in [2.75, 3.05) is 0 Å². The molecule has 0 amide bonds. The molecule has 0 fully saturated rings. The first kappa shape index (κ1) is 9.60. The molecule has 0 aliphatic heterocycles. The Morgan fingerprint density at radius 2 is 2.29 bits per heavy atom. The Bertz CT molecular complexity index is 729. The minimum atomic E-state index is 0.619. The second-order valence-corrected chi connectivity index (χ2v) is 3.85. The average molecular weight is 223 g/mol. The molecule has 0 aliphatic carbocycles. The summed E-state index contributed by atoms with van der Waals surface area (Å²) >= 11 is 0. The molecule has 5 heteroatoms. The Kier molecular flexibility index (Phi) is 1.95. The van der Waals surface area contributed by atoms with Crippen LogP contribution < -0.4 is 0 Å². The topological polar surface area (TPSA) is 70.3 Å². The highest BCUT2D eigenvalue weighted by Gasteiger charge is 2.07. The maximum atomic E-state index is 8.82. The number of rotatable bonds is 1. The molecule has 0 unspecified atom stereocenters. The van der Waals surface area contributed by atoms with E-state index < -0.39 is 0 Å². The number of aromatic amines is 1. The van der Waals surface area contributed by atoms with E-state index in [0.29, 0.717) is 5.56 Å². The van der Waals surface area contributed by atoms with Crippen LogP contribution in [0.15, 0.2) is 30.7 Å². The van der Waals surface area contributed by atoms with E-state index in [9.17, 15) is 0 Å². The van der Waals surface area contributed by atoms with E-state index in [1.54, 1.807) is 18.5 Å². The minimum absolute atomic E-state index is 0.619. The van der Waals surface area contributed by atoms with Crippen molar-refractivity contribution >= 4 is 11.0 Å². The quantitative estimate of drug-likeness (QED) is 0.684. The second kappa shape index (κ2) is 3.46. The summed E-state index contributed by atoms with van der Waals surface area (Å²) in [6.07, 6.45) is 3.62. The lowest BCUT2D eigenvalue weighted by molar-refractivity contribution is 0.913. The molecule has 0 saturated carbocycles. The van der Waals surface area contributed by atoms with Gasteiger partial charge in [0.15, 0.2) is 5.82 Å². The number of hydrogen-bond donors (Lipinski definition) is 1. The standard InChI is InChI=1S/C12H9N5/c1-17-6-11(14-7-17)12-15-9-3-2-8(5-13)4-10(9)16-12/h2-4,6-7H,1H3,(H,15,16). The van der Waals surface area contributed by atoms with Gasteiger partial charge < -0.3 is 9.55 Å². The van der Waals surface area contributed by atoms with Gasteiger partial charge in [-0.25, -0.2) is 9.97 Å².